The number of para-hydroxylation sites is 1. The number of anilines is 2. The fourth-order valence-electron chi connectivity index (χ4n) is 5.58. The third kappa shape index (κ3) is 10.2. The number of nitrogens with one attached hydrogen (secondary N) is 3. The predicted octanol–water partition coefficient (Wildman–Crippen LogP) is 9.39. The average Bonchev–Trinajstić information content (AvgIpc) is 3.24. The lowest BCUT2D eigenvalue weighted by molar-refractivity contribution is -0.116. The van der Waals surface area contributed by atoms with Crippen molar-refractivity contribution in [3.63, 3.8) is 0 Å². The quantitative estimate of drug-likeness (QED) is 0.0698. The van der Waals surface area contributed by atoms with Crippen LogP contribution in [0.4, 0.5) is 11.4 Å². The van der Waals surface area contributed by atoms with E-state index in [1.165, 1.54) is 39.2 Å². The fraction of sp³-hybridized carbons (Fsp3) is 0.0889. The summed E-state index contributed by atoms with van der Waals surface area (Å²) in [6.07, 6.45) is 1.51. The molecule has 0 saturated carbocycles. The number of carbonyl (C=O) groups excluding carboxylic acids is 3. The second-order valence-corrected chi connectivity index (χ2v) is 13.3. The number of rotatable bonds is 15. The lowest BCUT2D eigenvalue weighted by Gasteiger charge is -2.18. The molecule has 11 heteroatoms. The molecule has 1 unspecified atom stereocenters. The van der Waals surface area contributed by atoms with Crippen molar-refractivity contribution in [2.75, 3.05) is 32.0 Å². The van der Waals surface area contributed by atoms with Crippen LogP contribution in [-0.2, 0) is 9.59 Å². The molecule has 0 aliphatic heterocycles. The van der Waals surface area contributed by atoms with Crippen molar-refractivity contribution in [1.82, 2.24) is 5.32 Å². The van der Waals surface area contributed by atoms with Crippen LogP contribution < -0.4 is 34.9 Å². The van der Waals surface area contributed by atoms with E-state index in [0.717, 1.165) is 10.5 Å². The van der Waals surface area contributed by atoms with Crippen molar-refractivity contribution in [2.45, 2.75) is 10.1 Å². The van der Waals surface area contributed by atoms with Crippen LogP contribution in [0.5, 0.6) is 28.7 Å². The minimum absolute atomic E-state index is 0.0517. The van der Waals surface area contributed by atoms with Gasteiger partial charge in [0.05, 0.1) is 21.3 Å². The smallest absolute Gasteiger partial charge is 0.272 e. The Balaban J connectivity index is 1.23. The molecule has 6 aromatic carbocycles. The lowest BCUT2D eigenvalue weighted by atomic mass is 10.1. The minimum atomic E-state index is -0.638. The van der Waals surface area contributed by atoms with Crippen molar-refractivity contribution in [3.05, 3.63) is 174 Å². The van der Waals surface area contributed by atoms with Crippen LogP contribution in [0.1, 0.15) is 26.7 Å². The van der Waals surface area contributed by atoms with Gasteiger partial charge in [0.25, 0.3) is 11.8 Å². The molecule has 0 fully saturated rings. The largest absolute Gasteiger partial charge is 0.496 e. The second-order valence-electron chi connectivity index (χ2n) is 12.1. The summed E-state index contributed by atoms with van der Waals surface area (Å²) in [7, 11) is 4.50. The predicted molar refractivity (Wildman–Crippen MR) is 220 cm³/mol. The van der Waals surface area contributed by atoms with Crippen LogP contribution in [0.2, 0.25) is 0 Å². The topological polar surface area (TPSA) is 124 Å². The number of carbonyl (C=O) groups is 3. The Bertz CT molecular complexity index is 2300. The van der Waals surface area contributed by atoms with Crippen LogP contribution in [0.3, 0.4) is 0 Å². The standard InChI is InChI=1S/C45H39N3O7S/c1-52-39-29-41(54-3)40(53-2)27-32(39)26-38(48-43(49)31-16-9-5-10-17-31)44(50)47-34-18-13-21-37(28-34)56-42(30-14-7-4-8-15-30)45(51)46-33-22-24-36(25-23-33)55-35-19-11-6-12-20-35/h4-29,42H,1-3H3,(H,46,51)(H,47,50)(H,48,49)/b38-26+. The molecule has 0 aliphatic rings. The van der Waals surface area contributed by atoms with Crippen LogP contribution in [0.25, 0.3) is 6.08 Å². The van der Waals surface area contributed by atoms with Gasteiger partial charge in [-0.25, -0.2) is 0 Å². The summed E-state index contributed by atoms with van der Waals surface area (Å²) in [6, 6.07) is 45.1. The molecule has 6 rings (SSSR count). The van der Waals surface area contributed by atoms with Gasteiger partial charge in [-0.15, -0.1) is 11.8 Å². The van der Waals surface area contributed by atoms with Crippen molar-refractivity contribution >= 4 is 46.9 Å². The van der Waals surface area contributed by atoms with Gasteiger partial charge in [-0.3, -0.25) is 14.4 Å². The van der Waals surface area contributed by atoms with Gasteiger partial charge in [-0.2, -0.15) is 0 Å². The SMILES string of the molecule is COc1cc(OC)c(OC)cc1/C=C(/NC(=O)c1ccccc1)C(=O)Nc1cccc(SC(C(=O)Nc2ccc(Oc3ccccc3)cc2)c2ccccc2)c1. The van der Waals surface area contributed by atoms with Crippen LogP contribution in [0.15, 0.2) is 162 Å². The van der Waals surface area contributed by atoms with Gasteiger partial charge >= 0.3 is 0 Å². The van der Waals surface area contributed by atoms with Gasteiger partial charge < -0.3 is 34.9 Å². The van der Waals surface area contributed by atoms with Gasteiger partial charge in [-0.05, 0) is 84.4 Å². The van der Waals surface area contributed by atoms with Gasteiger partial charge in [-0.1, -0.05) is 72.8 Å². The number of benzene rings is 6. The lowest BCUT2D eigenvalue weighted by Crippen LogP contribution is -2.30. The fourth-order valence-corrected chi connectivity index (χ4v) is 6.67. The van der Waals surface area contributed by atoms with E-state index < -0.39 is 17.1 Å². The van der Waals surface area contributed by atoms with Gasteiger partial charge in [0.15, 0.2) is 11.5 Å². The van der Waals surface area contributed by atoms with E-state index in [-0.39, 0.29) is 11.6 Å². The third-order valence-electron chi connectivity index (χ3n) is 8.35. The minimum Gasteiger partial charge on any atom is -0.496 e. The Morgan fingerprint density at radius 2 is 1.20 bits per heavy atom. The van der Waals surface area contributed by atoms with Gasteiger partial charge in [0.1, 0.15) is 28.2 Å². The number of hydrogen-bond acceptors (Lipinski definition) is 8. The summed E-state index contributed by atoms with van der Waals surface area (Å²) in [6.45, 7) is 0. The monoisotopic (exact) mass is 765 g/mol. The summed E-state index contributed by atoms with van der Waals surface area (Å²) in [5, 5.41) is 8.06. The summed E-state index contributed by atoms with van der Waals surface area (Å²) < 4.78 is 22.4. The Labute approximate surface area is 329 Å². The maximum Gasteiger partial charge on any atom is 0.272 e. The summed E-state index contributed by atoms with van der Waals surface area (Å²) >= 11 is 1.33. The van der Waals surface area contributed by atoms with E-state index in [1.807, 2.05) is 66.7 Å². The molecule has 1 atom stereocenters. The highest BCUT2D eigenvalue weighted by Gasteiger charge is 2.23. The zero-order valence-corrected chi connectivity index (χ0v) is 31.7. The van der Waals surface area contributed by atoms with Crippen LogP contribution in [-0.4, -0.2) is 39.1 Å². The second kappa shape index (κ2) is 18.9. The number of hydrogen-bond donors (Lipinski definition) is 3. The maximum atomic E-state index is 14.0. The molecule has 3 amide bonds. The third-order valence-corrected chi connectivity index (χ3v) is 9.60. The van der Waals surface area contributed by atoms with E-state index in [4.69, 9.17) is 18.9 Å². The first kappa shape index (κ1) is 38.7. The van der Waals surface area contributed by atoms with Crippen molar-refractivity contribution in [1.29, 1.82) is 0 Å². The summed E-state index contributed by atoms with van der Waals surface area (Å²) in [5.74, 6) is 1.28. The molecule has 0 aromatic heterocycles. The molecule has 0 heterocycles. The zero-order chi connectivity index (χ0) is 39.3. The average molecular weight is 766 g/mol. The molecule has 56 heavy (non-hydrogen) atoms. The summed E-state index contributed by atoms with van der Waals surface area (Å²) in [4.78, 5) is 41.9. The van der Waals surface area contributed by atoms with E-state index in [1.54, 1.807) is 84.9 Å². The Morgan fingerprint density at radius 1 is 0.589 bits per heavy atom. The summed E-state index contributed by atoms with van der Waals surface area (Å²) in [5.41, 5.74) is 2.63. The van der Waals surface area contributed by atoms with Crippen LogP contribution >= 0.6 is 11.8 Å². The highest BCUT2D eigenvalue weighted by molar-refractivity contribution is 8.00. The molecule has 0 bridgehead atoms. The van der Waals surface area contributed by atoms with E-state index in [2.05, 4.69) is 16.0 Å². The van der Waals surface area contributed by atoms with Crippen molar-refractivity contribution in [2.24, 2.45) is 0 Å². The number of ether oxygens (including phenoxy) is 4. The molecule has 0 radical (unpaired) electrons. The van der Waals surface area contributed by atoms with Gasteiger partial charge in [0.2, 0.25) is 5.91 Å². The first-order valence-electron chi connectivity index (χ1n) is 17.5. The molecule has 10 nitrogen and oxygen atoms in total. The molecule has 282 valence electrons. The molecule has 6 aromatic rings. The number of amides is 3. The Hall–Kier alpha value is -6.98. The molecule has 0 spiro atoms. The Kier molecular flexibility index (Phi) is 13.0. The van der Waals surface area contributed by atoms with E-state index in [9.17, 15) is 14.4 Å². The highest BCUT2D eigenvalue weighted by atomic mass is 32.2. The van der Waals surface area contributed by atoms with Gasteiger partial charge in [0, 0.05) is 33.5 Å². The normalized spacial score (nSPS) is 11.4. The van der Waals surface area contributed by atoms with Crippen molar-refractivity contribution < 1.29 is 33.3 Å². The van der Waals surface area contributed by atoms with Crippen LogP contribution in [0, 0.1) is 0 Å². The molecule has 0 saturated heterocycles. The van der Waals surface area contributed by atoms with E-state index in [0.29, 0.717) is 51.2 Å². The zero-order valence-electron chi connectivity index (χ0n) is 30.9. The highest BCUT2D eigenvalue weighted by Crippen LogP contribution is 2.38. The number of methoxy groups -OCH3 is 3. The number of thioether (sulfide) groups is 1. The first-order valence-corrected chi connectivity index (χ1v) is 18.4. The molecular weight excluding hydrogens is 727 g/mol. The molecule has 3 N–H and O–H groups in total. The van der Waals surface area contributed by atoms with Crippen molar-refractivity contribution in [3.8, 4) is 28.7 Å². The Morgan fingerprint density at radius 3 is 1.86 bits per heavy atom. The van der Waals surface area contributed by atoms with E-state index >= 15 is 0 Å². The molecular formula is C45H39N3O7S. The first-order chi connectivity index (χ1) is 27.3. The maximum absolute atomic E-state index is 14.0. The molecule has 0 aliphatic carbocycles.